The average Bonchev–Trinajstić information content (AvgIpc) is 3.07. The molecule has 1 aromatic rings. The SMILES string of the molecule is O=C(NCCc1nccs1)N[C@@H](C1CCCC1)C(F)(F)F. The molecule has 2 amide bonds. The van der Waals surface area contributed by atoms with Crippen LogP contribution in [0.25, 0.3) is 0 Å². The summed E-state index contributed by atoms with van der Waals surface area (Å²) in [5.41, 5.74) is 0. The second-order valence-electron chi connectivity index (χ2n) is 5.14. The van der Waals surface area contributed by atoms with Gasteiger partial charge in [0.15, 0.2) is 0 Å². The molecule has 0 aromatic carbocycles. The minimum atomic E-state index is -4.40. The lowest BCUT2D eigenvalue weighted by Gasteiger charge is -2.27. The van der Waals surface area contributed by atoms with Crippen molar-refractivity contribution in [2.24, 2.45) is 5.92 Å². The van der Waals surface area contributed by atoms with Crippen molar-refractivity contribution in [3.63, 3.8) is 0 Å². The van der Waals surface area contributed by atoms with Crippen molar-refractivity contribution in [1.29, 1.82) is 0 Å². The number of aromatic nitrogens is 1. The molecule has 8 heteroatoms. The van der Waals surface area contributed by atoms with Gasteiger partial charge in [0.05, 0.1) is 5.01 Å². The smallest absolute Gasteiger partial charge is 0.338 e. The fraction of sp³-hybridized carbons (Fsp3) is 0.692. The Hall–Kier alpha value is -1.31. The molecule has 2 rings (SSSR count). The van der Waals surface area contributed by atoms with Crippen molar-refractivity contribution in [3.05, 3.63) is 16.6 Å². The first-order chi connectivity index (χ1) is 9.97. The number of nitrogens with one attached hydrogen (secondary N) is 2. The number of carbonyl (C=O) groups excluding carboxylic acids is 1. The van der Waals surface area contributed by atoms with E-state index < -0.39 is 24.2 Å². The van der Waals surface area contributed by atoms with E-state index in [0.717, 1.165) is 17.8 Å². The molecular weight excluding hydrogens is 303 g/mol. The van der Waals surface area contributed by atoms with Crippen LogP contribution in [0.1, 0.15) is 30.7 Å². The Balaban J connectivity index is 1.80. The predicted octanol–water partition coefficient (Wildman–Crippen LogP) is 3.11. The third kappa shape index (κ3) is 4.87. The normalized spacial score (nSPS) is 17.7. The summed E-state index contributed by atoms with van der Waals surface area (Å²) in [6, 6.07) is -2.51. The quantitative estimate of drug-likeness (QED) is 0.875. The van der Waals surface area contributed by atoms with Crippen LogP contribution in [-0.4, -0.2) is 29.8 Å². The Labute approximate surface area is 125 Å². The molecule has 1 atom stereocenters. The molecule has 0 radical (unpaired) electrons. The van der Waals surface area contributed by atoms with Crippen LogP contribution in [0.2, 0.25) is 0 Å². The monoisotopic (exact) mass is 321 g/mol. The van der Waals surface area contributed by atoms with Crippen LogP contribution in [0.4, 0.5) is 18.0 Å². The van der Waals surface area contributed by atoms with Crippen LogP contribution in [0, 0.1) is 5.92 Å². The molecule has 0 aliphatic heterocycles. The van der Waals surface area contributed by atoms with E-state index in [-0.39, 0.29) is 6.54 Å². The maximum atomic E-state index is 13.0. The van der Waals surface area contributed by atoms with E-state index in [2.05, 4.69) is 15.6 Å². The molecule has 0 unspecified atom stereocenters. The molecule has 0 bridgehead atoms. The average molecular weight is 321 g/mol. The van der Waals surface area contributed by atoms with Crippen LogP contribution in [-0.2, 0) is 6.42 Å². The molecule has 1 heterocycles. The maximum Gasteiger partial charge on any atom is 0.408 e. The summed E-state index contributed by atoms with van der Waals surface area (Å²) in [5.74, 6) is -0.505. The van der Waals surface area contributed by atoms with Gasteiger partial charge in [-0.15, -0.1) is 11.3 Å². The molecule has 1 aromatic heterocycles. The molecule has 4 nitrogen and oxygen atoms in total. The highest BCUT2D eigenvalue weighted by Crippen LogP contribution is 2.35. The van der Waals surface area contributed by atoms with Crippen LogP contribution in [0.15, 0.2) is 11.6 Å². The zero-order chi connectivity index (χ0) is 15.3. The fourth-order valence-electron chi connectivity index (χ4n) is 2.61. The van der Waals surface area contributed by atoms with Gasteiger partial charge in [0.2, 0.25) is 0 Å². The van der Waals surface area contributed by atoms with E-state index in [1.54, 1.807) is 6.20 Å². The minimum Gasteiger partial charge on any atom is -0.338 e. The number of halogens is 3. The minimum absolute atomic E-state index is 0.272. The summed E-state index contributed by atoms with van der Waals surface area (Å²) >= 11 is 1.45. The van der Waals surface area contributed by atoms with Crippen molar-refractivity contribution in [3.8, 4) is 0 Å². The lowest BCUT2D eigenvalue weighted by atomic mass is 9.98. The number of rotatable bonds is 5. The van der Waals surface area contributed by atoms with E-state index in [4.69, 9.17) is 0 Å². The number of hydrogen-bond donors (Lipinski definition) is 2. The van der Waals surface area contributed by atoms with Crippen molar-refractivity contribution >= 4 is 17.4 Å². The largest absolute Gasteiger partial charge is 0.408 e. The van der Waals surface area contributed by atoms with Gasteiger partial charge >= 0.3 is 12.2 Å². The highest BCUT2D eigenvalue weighted by Gasteiger charge is 2.46. The van der Waals surface area contributed by atoms with Crippen molar-refractivity contribution < 1.29 is 18.0 Å². The summed E-state index contributed by atoms with van der Waals surface area (Å²) in [4.78, 5) is 15.7. The maximum absolute atomic E-state index is 13.0. The molecule has 21 heavy (non-hydrogen) atoms. The van der Waals surface area contributed by atoms with Gasteiger partial charge < -0.3 is 10.6 Å². The second-order valence-corrected chi connectivity index (χ2v) is 6.12. The van der Waals surface area contributed by atoms with Gasteiger partial charge in [-0.3, -0.25) is 0 Å². The topological polar surface area (TPSA) is 54.0 Å². The van der Waals surface area contributed by atoms with E-state index in [0.29, 0.717) is 19.3 Å². The number of carbonyl (C=O) groups is 1. The summed E-state index contributed by atoms with van der Waals surface area (Å²) in [6.45, 7) is 0.272. The Bertz CT molecular complexity index is 444. The lowest BCUT2D eigenvalue weighted by molar-refractivity contribution is -0.164. The van der Waals surface area contributed by atoms with Crippen molar-refractivity contribution in [2.45, 2.75) is 44.3 Å². The zero-order valence-corrected chi connectivity index (χ0v) is 12.3. The van der Waals surface area contributed by atoms with Crippen LogP contribution >= 0.6 is 11.3 Å². The number of amides is 2. The molecule has 1 fully saturated rings. The van der Waals surface area contributed by atoms with Gasteiger partial charge in [-0.1, -0.05) is 12.8 Å². The Morgan fingerprint density at radius 2 is 2.14 bits per heavy atom. The summed E-state index contributed by atoms with van der Waals surface area (Å²) in [7, 11) is 0. The van der Waals surface area contributed by atoms with Gasteiger partial charge in [-0.2, -0.15) is 13.2 Å². The summed E-state index contributed by atoms with van der Waals surface area (Å²) < 4.78 is 39.1. The van der Waals surface area contributed by atoms with E-state index >= 15 is 0 Å². The van der Waals surface area contributed by atoms with Crippen molar-refractivity contribution in [1.82, 2.24) is 15.6 Å². The number of hydrogen-bond acceptors (Lipinski definition) is 3. The third-order valence-electron chi connectivity index (χ3n) is 3.62. The van der Waals surface area contributed by atoms with Gasteiger partial charge in [0, 0.05) is 24.5 Å². The highest BCUT2D eigenvalue weighted by molar-refractivity contribution is 7.09. The van der Waals surface area contributed by atoms with Crippen LogP contribution in [0.5, 0.6) is 0 Å². The first kappa shape index (κ1) is 16.1. The van der Waals surface area contributed by atoms with Gasteiger partial charge in [-0.05, 0) is 18.8 Å². The molecule has 0 saturated heterocycles. The third-order valence-corrected chi connectivity index (χ3v) is 4.46. The molecule has 2 N–H and O–H groups in total. The predicted molar refractivity (Wildman–Crippen MR) is 74.2 cm³/mol. The summed E-state index contributed by atoms with van der Waals surface area (Å²) in [6.07, 6.45) is 0.398. The first-order valence-corrected chi connectivity index (χ1v) is 7.84. The number of alkyl halides is 3. The molecule has 118 valence electrons. The van der Waals surface area contributed by atoms with Gasteiger partial charge in [0.1, 0.15) is 6.04 Å². The molecule has 1 saturated carbocycles. The van der Waals surface area contributed by atoms with Gasteiger partial charge in [0.25, 0.3) is 0 Å². The standard InChI is InChI=1S/C13H18F3N3OS/c14-13(15,16)11(9-3-1-2-4-9)19-12(20)18-6-5-10-17-7-8-21-10/h7-9,11H,1-6H2,(H2,18,19,20)/t11-/m0/s1. The van der Waals surface area contributed by atoms with Crippen molar-refractivity contribution in [2.75, 3.05) is 6.54 Å². The van der Waals surface area contributed by atoms with Crippen LogP contribution < -0.4 is 10.6 Å². The lowest BCUT2D eigenvalue weighted by Crippen LogP contribution is -2.52. The summed E-state index contributed by atoms with van der Waals surface area (Å²) in [5, 5.41) is 7.21. The number of thiazole rings is 1. The number of urea groups is 1. The fourth-order valence-corrected chi connectivity index (χ4v) is 3.23. The molecular formula is C13H18F3N3OS. The van der Waals surface area contributed by atoms with E-state index in [1.165, 1.54) is 11.3 Å². The highest BCUT2D eigenvalue weighted by atomic mass is 32.1. The molecule has 1 aliphatic carbocycles. The molecule has 1 aliphatic rings. The Morgan fingerprint density at radius 3 is 2.71 bits per heavy atom. The van der Waals surface area contributed by atoms with Gasteiger partial charge in [-0.25, -0.2) is 9.78 Å². The van der Waals surface area contributed by atoms with E-state index in [9.17, 15) is 18.0 Å². The first-order valence-electron chi connectivity index (χ1n) is 6.96. The second kappa shape index (κ2) is 7.11. The Kier molecular flexibility index (Phi) is 5.44. The zero-order valence-electron chi connectivity index (χ0n) is 11.4. The number of nitrogens with zero attached hydrogens (tertiary/aromatic N) is 1. The van der Waals surface area contributed by atoms with Crippen LogP contribution in [0.3, 0.4) is 0 Å². The van der Waals surface area contributed by atoms with E-state index in [1.807, 2.05) is 5.38 Å². The Morgan fingerprint density at radius 1 is 1.43 bits per heavy atom. The molecule has 0 spiro atoms.